The standard InChI is InChI=1S/C16H16N2O3/c1-11(2)13-5-3-4-6-14(13)17-10-12-7-8-16(19)15(9-12)18(20)21/h3-11,19H,1-2H3. The molecule has 1 N–H and O–H groups in total. The molecule has 0 aromatic heterocycles. The molecular formula is C16H16N2O3. The maximum absolute atomic E-state index is 10.8. The molecule has 108 valence electrons. The largest absolute Gasteiger partial charge is 0.502 e. The van der Waals surface area contributed by atoms with Gasteiger partial charge in [0.1, 0.15) is 0 Å². The number of hydrogen-bond donors (Lipinski definition) is 1. The van der Waals surface area contributed by atoms with Gasteiger partial charge in [0.25, 0.3) is 0 Å². The Hall–Kier alpha value is -2.69. The molecule has 0 atom stereocenters. The zero-order chi connectivity index (χ0) is 15.4. The van der Waals surface area contributed by atoms with Crippen molar-refractivity contribution in [1.82, 2.24) is 0 Å². The predicted octanol–water partition coefficient (Wildman–Crippen LogP) is 4.17. The summed E-state index contributed by atoms with van der Waals surface area (Å²) in [5.41, 5.74) is 2.19. The molecule has 21 heavy (non-hydrogen) atoms. The molecule has 0 amide bonds. The highest BCUT2D eigenvalue weighted by atomic mass is 16.6. The highest BCUT2D eigenvalue weighted by Crippen LogP contribution is 2.28. The van der Waals surface area contributed by atoms with E-state index >= 15 is 0 Å². The lowest BCUT2D eigenvalue weighted by atomic mass is 10.0. The lowest BCUT2D eigenvalue weighted by Gasteiger charge is -2.08. The molecule has 0 fully saturated rings. The third kappa shape index (κ3) is 3.45. The quantitative estimate of drug-likeness (QED) is 0.520. The number of hydrogen-bond acceptors (Lipinski definition) is 4. The summed E-state index contributed by atoms with van der Waals surface area (Å²) in [4.78, 5) is 14.6. The molecular weight excluding hydrogens is 268 g/mol. The number of aromatic hydroxyl groups is 1. The number of phenolic OH excluding ortho intramolecular Hbond substituents is 1. The van der Waals surface area contributed by atoms with Crippen LogP contribution in [0.4, 0.5) is 11.4 Å². The minimum absolute atomic E-state index is 0.323. The fraction of sp³-hybridized carbons (Fsp3) is 0.188. The maximum atomic E-state index is 10.8. The molecule has 5 nitrogen and oxygen atoms in total. The van der Waals surface area contributed by atoms with Gasteiger partial charge in [-0.15, -0.1) is 0 Å². The fourth-order valence-electron chi connectivity index (χ4n) is 2.00. The Labute approximate surface area is 122 Å². The first-order valence-electron chi connectivity index (χ1n) is 6.59. The minimum Gasteiger partial charge on any atom is -0.502 e. The van der Waals surface area contributed by atoms with Crippen molar-refractivity contribution < 1.29 is 10.0 Å². The molecule has 5 heteroatoms. The van der Waals surface area contributed by atoms with Gasteiger partial charge in [-0.05, 0) is 35.2 Å². The van der Waals surface area contributed by atoms with Crippen molar-refractivity contribution in [2.24, 2.45) is 4.99 Å². The first-order valence-corrected chi connectivity index (χ1v) is 6.59. The van der Waals surface area contributed by atoms with Gasteiger partial charge in [-0.3, -0.25) is 15.1 Å². The van der Waals surface area contributed by atoms with Crippen LogP contribution in [0.5, 0.6) is 5.75 Å². The Balaban J connectivity index is 2.34. The van der Waals surface area contributed by atoms with Crippen LogP contribution >= 0.6 is 0 Å². The third-order valence-corrected chi connectivity index (χ3v) is 3.11. The highest BCUT2D eigenvalue weighted by molar-refractivity contribution is 5.84. The molecule has 2 aromatic rings. The van der Waals surface area contributed by atoms with E-state index < -0.39 is 4.92 Å². The van der Waals surface area contributed by atoms with E-state index in [1.165, 1.54) is 12.1 Å². The van der Waals surface area contributed by atoms with Crippen LogP contribution in [-0.2, 0) is 0 Å². The first-order chi connectivity index (χ1) is 9.99. The predicted molar refractivity (Wildman–Crippen MR) is 82.5 cm³/mol. The van der Waals surface area contributed by atoms with Crippen molar-refractivity contribution in [1.29, 1.82) is 0 Å². The fourth-order valence-corrected chi connectivity index (χ4v) is 2.00. The lowest BCUT2D eigenvalue weighted by molar-refractivity contribution is -0.385. The molecule has 0 aliphatic heterocycles. The Morgan fingerprint density at radius 3 is 2.62 bits per heavy atom. The van der Waals surface area contributed by atoms with Gasteiger partial charge in [0.2, 0.25) is 0 Å². The number of para-hydroxylation sites is 1. The number of rotatable bonds is 4. The average Bonchev–Trinajstić information content (AvgIpc) is 2.46. The van der Waals surface area contributed by atoms with Crippen LogP contribution in [0.3, 0.4) is 0 Å². The Bertz CT molecular complexity index is 694. The Morgan fingerprint density at radius 1 is 1.24 bits per heavy atom. The Morgan fingerprint density at radius 2 is 1.95 bits per heavy atom. The number of nitro groups is 1. The van der Waals surface area contributed by atoms with E-state index in [1.54, 1.807) is 12.3 Å². The number of aliphatic imine (C=N–C) groups is 1. The second kappa shape index (κ2) is 6.17. The van der Waals surface area contributed by atoms with E-state index in [0.717, 1.165) is 11.3 Å². The molecule has 0 bridgehead atoms. The average molecular weight is 284 g/mol. The van der Waals surface area contributed by atoms with E-state index in [1.807, 2.05) is 24.3 Å². The molecule has 0 unspecified atom stereocenters. The van der Waals surface area contributed by atoms with Gasteiger partial charge in [0.15, 0.2) is 5.75 Å². The van der Waals surface area contributed by atoms with Crippen molar-refractivity contribution in [3.8, 4) is 5.75 Å². The summed E-state index contributed by atoms with van der Waals surface area (Å²) in [5.74, 6) is -0.00719. The van der Waals surface area contributed by atoms with E-state index in [4.69, 9.17) is 0 Å². The lowest BCUT2D eigenvalue weighted by Crippen LogP contribution is -1.91. The topological polar surface area (TPSA) is 75.7 Å². The van der Waals surface area contributed by atoms with Gasteiger partial charge in [-0.2, -0.15) is 0 Å². The molecule has 2 rings (SSSR count). The van der Waals surface area contributed by atoms with Crippen LogP contribution in [0, 0.1) is 10.1 Å². The molecule has 0 heterocycles. The van der Waals surface area contributed by atoms with Crippen molar-refractivity contribution in [3.05, 3.63) is 63.7 Å². The van der Waals surface area contributed by atoms with Crippen LogP contribution in [0.25, 0.3) is 0 Å². The second-order valence-electron chi connectivity index (χ2n) is 4.98. The molecule has 0 saturated carbocycles. The van der Waals surface area contributed by atoms with Crippen molar-refractivity contribution in [2.45, 2.75) is 19.8 Å². The number of nitrogens with zero attached hydrogens (tertiary/aromatic N) is 2. The normalized spacial score (nSPS) is 11.2. The van der Waals surface area contributed by atoms with Gasteiger partial charge in [0.05, 0.1) is 10.6 Å². The zero-order valence-electron chi connectivity index (χ0n) is 11.9. The van der Waals surface area contributed by atoms with Gasteiger partial charge in [0, 0.05) is 12.3 Å². The van der Waals surface area contributed by atoms with E-state index in [2.05, 4.69) is 18.8 Å². The van der Waals surface area contributed by atoms with E-state index in [0.29, 0.717) is 11.5 Å². The second-order valence-corrected chi connectivity index (χ2v) is 4.98. The minimum atomic E-state index is -0.616. The SMILES string of the molecule is CC(C)c1ccccc1N=Cc1ccc(O)c([N+](=O)[O-])c1. The van der Waals surface area contributed by atoms with Gasteiger partial charge in [-0.1, -0.05) is 32.0 Å². The smallest absolute Gasteiger partial charge is 0.311 e. The maximum Gasteiger partial charge on any atom is 0.311 e. The van der Waals surface area contributed by atoms with Crippen LogP contribution in [0.2, 0.25) is 0 Å². The summed E-state index contributed by atoms with van der Waals surface area (Å²) in [6.07, 6.45) is 1.56. The molecule has 2 aromatic carbocycles. The molecule has 0 radical (unpaired) electrons. The summed E-state index contributed by atoms with van der Waals surface area (Å²) in [7, 11) is 0. The summed E-state index contributed by atoms with van der Waals surface area (Å²) in [6.45, 7) is 4.17. The summed E-state index contributed by atoms with van der Waals surface area (Å²) in [5, 5.41) is 20.2. The van der Waals surface area contributed by atoms with Gasteiger partial charge < -0.3 is 5.11 Å². The van der Waals surface area contributed by atoms with E-state index in [9.17, 15) is 15.2 Å². The van der Waals surface area contributed by atoms with Crippen molar-refractivity contribution >= 4 is 17.6 Å². The zero-order valence-corrected chi connectivity index (χ0v) is 11.9. The summed E-state index contributed by atoms with van der Waals surface area (Å²) in [6, 6.07) is 12.0. The summed E-state index contributed by atoms with van der Waals surface area (Å²) >= 11 is 0. The number of phenols is 1. The van der Waals surface area contributed by atoms with Gasteiger partial charge >= 0.3 is 5.69 Å². The van der Waals surface area contributed by atoms with Gasteiger partial charge in [-0.25, -0.2) is 0 Å². The molecule has 0 spiro atoms. The first kappa shape index (κ1) is 14.7. The monoisotopic (exact) mass is 284 g/mol. The molecule has 0 saturated heterocycles. The van der Waals surface area contributed by atoms with Crippen molar-refractivity contribution in [3.63, 3.8) is 0 Å². The van der Waals surface area contributed by atoms with Crippen LogP contribution in [0.1, 0.15) is 30.9 Å². The van der Waals surface area contributed by atoms with Crippen LogP contribution in [0.15, 0.2) is 47.5 Å². The number of nitro benzene ring substituents is 1. The molecule has 0 aliphatic rings. The summed E-state index contributed by atoms with van der Waals surface area (Å²) < 4.78 is 0. The Kier molecular flexibility index (Phi) is 4.33. The van der Waals surface area contributed by atoms with E-state index in [-0.39, 0.29) is 11.4 Å². The van der Waals surface area contributed by atoms with Crippen LogP contribution < -0.4 is 0 Å². The molecule has 0 aliphatic carbocycles. The third-order valence-electron chi connectivity index (χ3n) is 3.11. The van der Waals surface area contributed by atoms with Crippen molar-refractivity contribution in [2.75, 3.05) is 0 Å². The highest BCUT2D eigenvalue weighted by Gasteiger charge is 2.12. The number of benzene rings is 2. The van der Waals surface area contributed by atoms with Crippen LogP contribution in [-0.4, -0.2) is 16.2 Å².